The van der Waals surface area contributed by atoms with Gasteiger partial charge >= 0.3 is 0 Å². The molecule has 0 radical (unpaired) electrons. The third kappa shape index (κ3) is 6.25. The van der Waals surface area contributed by atoms with Gasteiger partial charge in [0.15, 0.2) is 0 Å². The Balaban J connectivity index is 1.99. The fraction of sp³-hybridized carbons (Fsp3) is 0.636. The summed E-state index contributed by atoms with van der Waals surface area (Å²) in [6.45, 7) is 12.1. The van der Waals surface area contributed by atoms with Gasteiger partial charge in [-0.05, 0) is 64.6 Å². The van der Waals surface area contributed by atoms with Gasteiger partial charge in [-0.25, -0.2) is 0 Å². The highest BCUT2D eigenvalue weighted by Crippen LogP contribution is 2.26. The number of aliphatic hydroxyl groups is 1. The summed E-state index contributed by atoms with van der Waals surface area (Å²) >= 11 is 0. The monoisotopic (exact) mass is 345 g/mol. The highest BCUT2D eigenvalue weighted by atomic mass is 16.5. The summed E-state index contributed by atoms with van der Waals surface area (Å²) in [6, 6.07) is 8.99. The zero-order valence-corrected chi connectivity index (χ0v) is 16.4. The Labute approximate surface area is 153 Å². The summed E-state index contributed by atoms with van der Waals surface area (Å²) < 4.78 is 5.38. The number of hydrogen-bond acceptors (Lipinski definition) is 3. The second-order valence-electron chi connectivity index (χ2n) is 7.63. The molecule has 0 spiro atoms. The third-order valence-electron chi connectivity index (χ3n) is 5.23. The maximum Gasteiger partial charge on any atom is 0.0890 e. The lowest BCUT2D eigenvalue weighted by Gasteiger charge is -2.24. The number of hydrogen-bond donors (Lipinski definition) is 1. The molecule has 3 nitrogen and oxygen atoms in total. The van der Waals surface area contributed by atoms with Crippen molar-refractivity contribution >= 4 is 6.08 Å². The molecule has 1 aromatic rings. The normalized spacial score (nSPS) is 20.6. The number of ether oxygens (including phenoxy) is 1. The molecule has 1 fully saturated rings. The minimum atomic E-state index is -0.832. The van der Waals surface area contributed by atoms with Crippen molar-refractivity contribution < 1.29 is 9.84 Å². The van der Waals surface area contributed by atoms with Crippen LogP contribution in [0.4, 0.5) is 0 Å². The van der Waals surface area contributed by atoms with Crippen LogP contribution in [-0.2, 0) is 10.3 Å². The molecule has 0 saturated carbocycles. The molecule has 0 aromatic heterocycles. The molecule has 1 atom stereocenters. The van der Waals surface area contributed by atoms with E-state index in [9.17, 15) is 5.11 Å². The Morgan fingerprint density at radius 2 is 1.92 bits per heavy atom. The molecule has 2 rings (SSSR count). The van der Waals surface area contributed by atoms with Gasteiger partial charge in [-0.1, -0.05) is 35.9 Å². The van der Waals surface area contributed by atoms with E-state index in [1.54, 1.807) is 5.57 Å². The first kappa shape index (κ1) is 20.2. The smallest absolute Gasteiger partial charge is 0.0890 e. The molecule has 1 N–H and O–H groups in total. The van der Waals surface area contributed by atoms with Crippen LogP contribution < -0.4 is 0 Å². The lowest BCUT2D eigenvalue weighted by molar-refractivity contribution is 0.0132. The first-order chi connectivity index (χ1) is 11.9. The Morgan fingerprint density at radius 3 is 2.56 bits per heavy atom. The van der Waals surface area contributed by atoms with Crippen molar-refractivity contribution in [1.82, 2.24) is 4.90 Å². The van der Waals surface area contributed by atoms with Gasteiger partial charge in [0.2, 0.25) is 0 Å². The molecule has 1 aliphatic rings. The molecule has 1 heterocycles. The first-order valence-corrected chi connectivity index (χ1v) is 9.76. The van der Waals surface area contributed by atoms with E-state index >= 15 is 0 Å². The summed E-state index contributed by atoms with van der Waals surface area (Å²) in [7, 11) is 0. The van der Waals surface area contributed by atoms with Crippen molar-refractivity contribution in [3.8, 4) is 0 Å². The van der Waals surface area contributed by atoms with E-state index in [0.717, 1.165) is 18.5 Å². The molecule has 1 aliphatic heterocycles. The Bertz CT molecular complexity index is 546. The summed E-state index contributed by atoms with van der Waals surface area (Å²) in [6.07, 6.45) is 6.55. The van der Waals surface area contributed by atoms with Crippen molar-refractivity contribution in [2.75, 3.05) is 26.3 Å². The minimum Gasteiger partial charge on any atom is -0.385 e. The molecule has 1 aromatic carbocycles. The zero-order chi connectivity index (χ0) is 18.3. The van der Waals surface area contributed by atoms with Crippen molar-refractivity contribution in [3.05, 3.63) is 41.0 Å². The van der Waals surface area contributed by atoms with E-state index < -0.39 is 5.60 Å². The van der Waals surface area contributed by atoms with Gasteiger partial charge in [-0.15, -0.1) is 0 Å². The fourth-order valence-electron chi connectivity index (χ4n) is 3.43. The number of likely N-dealkylation sites (tertiary alicyclic amines) is 1. The lowest BCUT2D eigenvalue weighted by Crippen LogP contribution is -2.31. The van der Waals surface area contributed by atoms with Gasteiger partial charge in [-0.3, -0.25) is 0 Å². The summed E-state index contributed by atoms with van der Waals surface area (Å²) in [4.78, 5) is 2.57. The van der Waals surface area contributed by atoms with Crippen LogP contribution in [0.3, 0.4) is 0 Å². The third-order valence-corrected chi connectivity index (χ3v) is 5.23. The Morgan fingerprint density at radius 1 is 1.20 bits per heavy atom. The van der Waals surface area contributed by atoms with Crippen molar-refractivity contribution in [2.45, 2.75) is 65.0 Å². The summed E-state index contributed by atoms with van der Waals surface area (Å²) in [5, 5.41) is 10.6. The molecule has 0 bridgehead atoms. The average Bonchev–Trinajstić information content (AvgIpc) is 2.81. The van der Waals surface area contributed by atoms with Gasteiger partial charge in [0.1, 0.15) is 0 Å². The maximum absolute atomic E-state index is 10.6. The van der Waals surface area contributed by atoms with Crippen molar-refractivity contribution in [2.24, 2.45) is 0 Å². The highest BCUT2D eigenvalue weighted by Gasteiger charge is 2.22. The molecular formula is C22H35NO2. The van der Waals surface area contributed by atoms with E-state index in [1.807, 2.05) is 13.8 Å². The van der Waals surface area contributed by atoms with Crippen LogP contribution in [0.15, 0.2) is 29.8 Å². The molecular weight excluding hydrogens is 310 g/mol. The van der Waals surface area contributed by atoms with Crippen LogP contribution in [0.25, 0.3) is 6.08 Å². The van der Waals surface area contributed by atoms with Gasteiger partial charge in [0.25, 0.3) is 0 Å². The van der Waals surface area contributed by atoms with Crippen LogP contribution in [0, 0.1) is 0 Å². The SMILES string of the molecule is CCOCCC(C)(O)c1ccc(C=C2CCCN(C(C)C)CC2)cc1. The van der Waals surface area contributed by atoms with Crippen LogP contribution in [0.1, 0.15) is 64.5 Å². The second-order valence-corrected chi connectivity index (χ2v) is 7.63. The molecule has 0 amide bonds. The second kappa shape index (κ2) is 9.51. The Hall–Kier alpha value is -1.16. The number of nitrogens with zero attached hydrogens (tertiary/aromatic N) is 1. The topological polar surface area (TPSA) is 32.7 Å². The maximum atomic E-state index is 10.6. The van der Waals surface area contributed by atoms with Gasteiger partial charge < -0.3 is 14.7 Å². The lowest BCUT2D eigenvalue weighted by atomic mass is 9.92. The largest absolute Gasteiger partial charge is 0.385 e. The fourth-order valence-corrected chi connectivity index (χ4v) is 3.43. The summed E-state index contributed by atoms with van der Waals surface area (Å²) in [5.74, 6) is 0. The van der Waals surface area contributed by atoms with Gasteiger partial charge in [0.05, 0.1) is 5.60 Å². The van der Waals surface area contributed by atoms with Crippen LogP contribution in [0.5, 0.6) is 0 Å². The summed E-state index contributed by atoms with van der Waals surface area (Å²) in [5.41, 5.74) is 2.90. The van der Waals surface area contributed by atoms with E-state index in [1.165, 1.54) is 24.9 Å². The standard InChI is InChI=1S/C22H35NO2/c1-5-25-16-13-22(4,24)21-10-8-20(9-11-21)17-19-7-6-14-23(15-12-19)18(2)3/h8-11,17-18,24H,5-7,12-16H2,1-4H3. The Kier molecular flexibility index (Phi) is 7.67. The van der Waals surface area contributed by atoms with Gasteiger partial charge in [-0.2, -0.15) is 0 Å². The minimum absolute atomic E-state index is 0.585. The van der Waals surface area contributed by atoms with Crippen LogP contribution in [0.2, 0.25) is 0 Å². The van der Waals surface area contributed by atoms with E-state index in [4.69, 9.17) is 4.74 Å². The predicted molar refractivity (Wildman–Crippen MR) is 106 cm³/mol. The highest BCUT2D eigenvalue weighted by molar-refractivity contribution is 5.53. The van der Waals surface area contributed by atoms with E-state index in [0.29, 0.717) is 25.7 Å². The van der Waals surface area contributed by atoms with Crippen molar-refractivity contribution in [3.63, 3.8) is 0 Å². The molecule has 0 aliphatic carbocycles. The average molecular weight is 346 g/mol. The van der Waals surface area contributed by atoms with E-state index in [2.05, 4.69) is 49.1 Å². The molecule has 140 valence electrons. The molecule has 25 heavy (non-hydrogen) atoms. The van der Waals surface area contributed by atoms with Crippen LogP contribution in [-0.4, -0.2) is 42.4 Å². The number of benzene rings is 1. The van der Waals surface area contributed by atoms with E-state index in [-0.39, 0.29) is 0 Å². The molecule has 1 saturated heterocycles. The molecule has 1 unspecified atom stereocenters. The molecule has 3 heteroatoms. The number of rotatable bonds is 7. The zero-order valence-electron chi connectivity index (χ0n) is 16.4. The predicted octanol–water partition coefficient (Wildman–Crippen LogP) is 4.60. The van der Waals surface area contributed by atoms with Gasteiger partial charge in [0, 0.05) is 32.2 Å². The quantitative estimate of drug-likeness (QED) is 0.733. The van der Waals surface area contributed by atoms with Crippen LogP contribution >= 0.6 is 0 Å². The van der Waals surface area contributed by atoms with Crippen molar-refractivity contribution in [1.29, 1.82) is 0 Å². The first-order valence-electron chi connectivity index (χ1n) is 9.76.